The molecule has 1 aromatic carbocycles. The van der Waals surface area contributed by atoms with Crippen LogP contribution in [0.1, 0.15) is 12.5 Å². The zero-order valence-electron chi connectivity index (χ0n) is 13.9. The predicted molar refractivity (Wildman–Crippen MR) is 87.4 cm³/mol. The van der Waals surface area contributed by atoms with Gasteiger partial charge in [0.2, 0.25) is 5.91 Å². The molecule has 1 aliphatic heterocycles. The van der Waals surface area contributed by atoms with Gasteiger partial charge in [-0.1, -0.05) is 12.1 Å². The number of nitrogens with zero attached hydrogens (tertiary/aromatic N) is 3. The lowest BCUT2D eigenvalue weighted by atomic mass is 10.2. The first-order valence-corrected chi connectivity index (χ1v) is 8.05. The Morgan fingerprint density at radius 3 is 2.57 bits per heavy atom. The van der Waals surface area contributed by atoms with Crippen LogP contribution in [-0.4, -0.2) is 78.1 Å². The van der Waals surface area contributed by atoms with Gasteiger partial charge >= 0.3 is 0 Å². The Morgan fingerprint density at radius 1 is 1.30 bits per heavy atom. The molecule has 1 amide bonds. The van der Waals surface area contributed by atoms with Gasteiger partial charge in [-0.2, -0.15) is 0 Å². The highest BCUT2D eigenvalue weighted by Crippen LogP contribution is 2.08. The maximum absolute atomic E-state index is 13.2. The van der Waals surface area contributed by atoms with E-state index in [1.807, 2.05) is 6.07 Å². The van der Waals surface area contributed by atoms with Gasteiger partial charge in [0.05, 0.1) is 12.6 Å². The van der Waals surface area contributed by atoms with Crippen LogP contribution in [0, 0.1) is 5.82 Å². The number of amides is 1. The van der Waals surface area contributed by atoms with Crippen molar-refractivity contribution in [1.82, 2.24) is 14.7 Å². The number of rotatable bonds is 6. The quantitative estimate of drug-likeness (QED) is 0.841. The number of piperazine rings is 1. The molecular formula is C17H26FN3O2. The lowest BCUT2D eigenvalue weighted by molar-refractivity contribution is -0.132. The number of hydrogen-bond donors (Lipinski definition) is 1. The van der Waals surface area contributed by atoms with Gasteiger partial charge in [0, 0.05) is 46.3 Å². The minimum absolute atomic E-state index is 0.0400. The second-order valence-corrected chi connectivity index (χ2v) is 6.31. The standard InChI is InChI=1S/C17H26FN3O2/c1-14(22)11-20-6-8-21(9-7-20)13-17(23)19(2)12-15-4-3-5-16(18)10-15/h3-5,10,14,22H,6-9,11-13H2,1-2H3. The molecular weight excluding hydrogens is 297 g/mol. The molecule has 0 radical (unpaired) electrons. The van der Waals surface area contributed by atoms with Crippen LogP contribution in [0.2, 0.25) is 0 Å². The maximum atomic E-state index is 13.2. The first-order valence-electron chi connectivity index (χ1n) is 8.05. The fourth-order valence-corrected chi connectivity index (χ4v) is 2.81. The third-order valence-electron chi connectivity index (χ3n) is 4.08. The summed E-state index contributed by atoms with van der Waals surface area (Å²) in [4.78, 5) is 18.3. The molecule has 1 aromatic rings. The van der Waals surface area contributed by atoms with Crippen LogP contribution in [-0.2, 0) is 11.3 Å². The van der Waals surface area contributed by atoms with E-state index in [4.69, 9.17) is 0 Å². The number of aliphatic hydroxyl groups is 1. The van der Waals surface area contributed by atoms with Crippen molar-refractivity contribution in [3.8, 4) is 0 Å². The summed E-state index contributed by atoms with van der Waals surface area (Å²) in [5, 5.41) is 9.41. The molecule has 0 saturated carbocycles. The van der Waals surface area contributed by atoms with E-state index in [0.717, 1.165) is 31.7 Å². The van der Waals surface area contributed by atoms with E-state index in [2.05, 4.69) is 9.80 Å². The number of β-amino-alcohol motifs (C(OH)–C–C–N with tert-alkyl or cyclic N) is 1. The topological polar surface area (TPSA) is 47.0 Å². The van der Waals surface area contributed by atoms with Crippen molar-refractivity contribution < 1.29 is 14.3 Å². The lowest BCUT2D eigenvalue weighted by Gasteiger charge is -2.35. The minimum Gasteiger partial charge on any atom is -0.392 e. The molecule has 1 atom stereocenters. The normalized spacial score (nSPS) is 17.9. The highest BCUT2D eigenvalue weighted by Gasteiger charge is 2.21. The Kier molecular flexibility index (Phi) is 6.50. The van der Waals surface area contributed by atoms with Crippen LogP contribution < -0.4 is 0 Å². The zero-order chi connectivity index (χ0) is 16.8. The minimum atomic E-state index is -0.319. The zero-order valence-corrected chi connectivity index (χ0v) is 13.9. The van der Waals surface area contributed by atoms with Gasteiger partial charge in [0.15, 0.2) is 0 Å². The van der Waals surface area contributed by atoms with Gasteiger partial charge in [-0.15, -0.1) is 0 Å². The average Bonchev–Trinajstić information content (AvgIpc) is 2.48. The molecule has 128 valence electrons. The summed E-state index contributed by atoms with van der Waals surface area (Å²) < 4.78 is 13.2. The van der Waals surface area contributed by atoms with E-state index in [9.17, 15) is 14.3 Å². The van der Waals surface area contributed by atoms with E-state index >= 15 is 0 Å². The smallest absolute Gasteiger partial charge is 0.236 e. The number of halogens is 1. The number of carbonyl (C=O) groups is 1. The van der Waals surface area contributed by atoms with Crippen molar-refractivity contribution >= 4 is 5.91 Å². The molecule has 1 unspecified atom stereocenters. The van der Waals surface area contributed by atoms with Crippen molar-refractivity contribution in [1.29, 1.82) is 0 Å². The SMILES string of the molecule is CC(O)CN1CCN(CC(=O)N(C)Cc2cccc(F)c2)CC1. The Labute approximate surface area is 137 Å². The monoisotopic (exact) mass is 323 g/mol. The van der Waals surface area contributed by atoms with Crippen molar-refractivity contribution in [3.05, 3.63) is 35.6 Å². The first kappa shape index (κ1) is 17.8. The molecule has 1 saturated heterocycles. The summed E-state index contributed by atoms with van der Waals surface area (Å²) in [7, 11) is 1.75. The molecule has 23 heavy (non-hydrogen) atoms. The van der Waals surface area contributed by atoms with Crippen LogP contribution in [0.5, 0.6) is 0 Å². The van der Waals surface area contributed by atoms with Crippen molar-refractivity contribution in [2.24, 2.45) is 0 Å². The fraction of sp³-hybridized carbons (Fsp3) is 0.588. The first-order chi connectivity index (χ1) is 10.9. The summed E-state index contributed by atoms with van der Waals surface area (Å²) in [5.74, 6) is -0.240. The summed E-state index contributed by atoms with van der Waals surface area (Å²) in [5.41, 5.74) is 0.794. The van der Waals surface area contributed by atoms with E-state index < -0.39 is 0 Å². The molecule has 0 aliphatic carbocycles. The Morgan fingerprint density at radius 2 is 1.96 bits per heavy atom. The van der Waals surface area contributed by atoms with Gasteiger partial charge in [0.1, 0.15) is 5.82 Å². The summed E-state index contributed by atoms with van der Waals surface area (Å²) >= 11 is 0. The third-order valence-corrected chi connectivity index (χ3v) is 4.08. The molecule has 6 heteroatoms. The Balaban J connectivity index is 1.76. The molecule has 1 aliphatic rings. The van der Waals surface area contributed by atoms with E-state index in [1.165, 1.54) is 12.1 Å². The van der Waals surface area contributed by atoms with Gasteiger partial charge in [-0.05, 0) is 24.6 Å². The Hall–Kier alpha value is -1.50. The molecule has 0 bridgehead atoms. The number of benzene rings is 1. The summed E-state index contributed by atoms with van der Waals surface area (Å²) in [6.45, 7) is 6.65. The number of likely N-dealkylation sites (N-methyl/N-ethyl adjacent to an activating group) is 1. The molecule has 2 rings (SSSR count). The number of carbonyl (C=O) groups excluding carboxylic acids is 1. The van der Waals surface area contributed by atoms with E-state index in [-0.39, 0.29) is 17.8 Å². The second kappa shape index (κ2) is 8.38. The summed E-state index contributed by atoms with van der Waals surface area (Å²) in [6, 6.07) is 6.34. The maximum Gasteiger partial charge on any atom is 0.236 e. The Bertz CT molecular complexity index is 516. The van der Waals surface area contributed by atoms with Crippen molar-refractivity contribution in [3.63, 3.8) is 0 Å². The van der Waals surface area contributed by atoms with Gasteiger partial charge in [-0.25, -0.2) is 4.39 Å². The van der Waals surface area contributed by atoms with Crippen LogP contribution in [0.25, 0.3) is 0 Å². The molecule has 5 nitrogen and oxygen atoms in total. The van der Waals surface area contributed by atoms with Gasteiger partial charge in [-0.3, -0.25) is 14.6 Å². The second-order valence-electron chi connectivity index (χ2n) is 6.31. The summed E-state index contributed by atoms with van der Waals surface area (Å²) in [6.07, 6.45) is -0.319. The van der Waals surface area contributed by atoms with Crippen molar-refractivity contribution in [2.75, 3.05) is 46.3 Å². The van der Waals surface area contributed by atoms with E-state index in [1.54, 1.807) is 24.9 Å². The molecule has 1 heterocycles. The molecule has 0 spiro atoms. The highest BCUT2D eigenvalue weighted by molar-refractivity contribution is 5.78. The number of aliphatic hydroxyl groups excluding tert-OH is 1. The third kappa shape index (κ3) is 5.89. The molecule has 0 aromatic heterocycles. The molecule has 1 N–H and O–H groups in total. The van der Waals surface area contributed by atoms with E-state index in [0.29, 0.717) is 19.6 Å². The molecule has 1 fully saturated rings. The highest BCUT2D eigenvalue weighted by atomic mass is 19.1. The largest absolute Gasteiger partial charge is 0.392 e. The van der Waals surface area contributed by atoms with Crippen LogP contribution in [0.4, 0.5) is 4.39 Å². The van der Waals surface area contributed by atoms with Gasteiger partial charge in [0.25, 0.3) is 0 Å². The fourth-order valence-electron chi connectivity index (χ4n) is 2.81. The average molecular weight is 323 g/mol. The van der Waals surface area contributed by atoms with Crippen LogP contribution in [0.15, 0.2) is 24.3 Å². The van der Waals surface area contributed by atoms with Crippen LogP contribution in [0.3, 0.4) is 0 Å². The predicted octanol–water partition coefficient (Wildman–Crippen LogP) is 0.782. The van der Waals surface area contributed by atoms with Crippen molar-refractivity contribution in [2.45, 2.75) is 19.6 Å². The van der Waals surface area contributed by atoms with Crippen LogP contribution >= 0.6 is 0 Å². The van der Waals surface area contributed by atoms with Gasteiger partial charge < -0.3 is 10.0 Å². The lowest BCUT2D eigenvalue weighted by Crippen LogP contribution is -2.50. The number of hydrogen-bond acceptors (Lipinski definition) is 4.